The highest BCUT2D eigenvalue weighted by atomic mass is 16.7. The van der Waals surface area contributed by atoms with Crippen molar-refractivity contribution in [2.24, 2.45) is 5.16 Å². The smallest absolute Gasteiger partial charge is 0.234 e. The third-order valence-corrected chi connectivity index (χ3v) is 3.50. The number of oxime groups is 1. The number of benzene rings is 1. The van der Waals surface area contributed by atoms with Crippen LogP contribution in [0.15, 0.2) is 29.4 Å². The summed E-state index contributed by atoms with van der Waals surface area (Å²) in [5.41, 5.74) is 1.57. The van der Waals surface area contributed by atoms with Crippen LogP contribution in [0.3, 0.4) is 0 Å². The number of amides is 1. The predicted octanol–water partition coefficient (Wildman–Crippen LogP) is 1.46. The van der Waals surface area contributed by atoms with Gasteiger partial charge in [0.25, 0.3) is 0 Å². The van der Waals surface area contributed by atoms with Gasteiger partial charge in [0.15, 0.2) is 5.60 Å². The van der Waals surface area contributed by atoms with E-state index in [4.69, 9.17) is 9.57 Å². The normalized spacial score (nSPS) is 20.2. The van der Waals surface area contributed by atoms with Crippen LogP contribution >= 0.6 is 0 Å². The Morgan fingerprint density at radius 3 is 2.91 bits per heavy atom. The van der Waals surface area contributed by atoms with Crippen molar-refractivity contribution in [3.63, 3.8) is 0 Å². The SMILES string of the molecule is COc1ccccc1CNC(=O)CNC[C@@]1(C)CC(C)=NO1. The Bertz CT molecular complexity index is 559. The molecule has 2 N–H and O–H groups in total. The monoisotopic (exact) mass is 305 g/mol. The van der Waals surface area contributed by atoms with E-state index in [1.54, 1.807) is 7.11 Å². The number of carbonyl (C=O) groups is 1. The van der Waals surface area contributed by atoms with Crippen LogP contribution in [0.5, 0.6) is 5.75 Å². The fourth-order valence-electron chi connectivity index (χ4n) is 2.43. The lowest BCUT2D eigenvalue weighted by Gasteiger charge is -2.21. The van der Waals surface area contributed by atoms with Crippen molar-refractivity contribution in [2.75, 3.05) is 20.2 Å². The van der Waals surface area contributed by atoms with Gasteiger partial charge < -0.3 is 20.2 Å². The molecule has 1 aliphatic heterocycles. The second kappa shape index (κ2) is 7.26. The Hall–Kier alpha value is -2.08. The van der Waals surface area contributed by atoms with Gasteiger partial charge in [0, 0.05) is 25.1 Å². The molecule has 1 amide bonds. The first-order valence-electron chi connectivity index (χ1n) is 7.33. The zero-order valence-corrected chi connectivity index (χ0v) is 13.3. The molecule has 0 bridgehead atoms. The molecule has 0 radical (unpaired) electrons. The summed E-state index contributed by atoms with van der Waals surface area (Å²) in [7, 11) is 1.62. The maximum atomic E-state index is 11.9. The van der Waals surface area contributed by atoms with Crippen molar-refractivity contribution in [3.05, 3.63) is 29.8 Å². The number of hydrogen-bond donors (Lipinski definition) is 2. The first kappa shape index (κ1) is 16.3. The highest BCUT2D eigenvalue weighted by Crippen LogP contribution is 2.22. The van der Waals surface area contributed by atoms with Crippen LogP contribution in [-0.2, 0) is 16.2 Å². The maximum absolute atomic E-state index is 11.9. The van der Waals surface area contributed by atoms with E-state index < -0.39 is 0 Å². The van der Waals surface area contributed by atoms with E-state index in [1.165, 1.54) is 0 Å². The van der Waals surface area contributed by atoms with Crippen LogP contribution in [0.4, 0.5) is 0 Å². The second-order valence-corrected chi connectivity index (χ2v) is 5.74. The minimum absolute atomic E-state index is 0.0647. The van der Waals surface area contributed by atoms with E-state index in [0.29, 0.717) is 13.1 Å². The highest BCUT2D eigenvalue weighted by Gasteiger charge is 2.32. The third-order valence-electron chi connectivity index (χ3n) is 3.50. The molecule has 6 nitrogen and oxygen atoms in total. The standard InChI is InChI=1S/C16H23N3O3/c1-12-8-16(2,22-19-12)11-17-10-15(20)18-9-13-6-4-5-7-14(13)21-3/h4-7,17H,8-11H2,1-3H3,(H,18,20)/t16-/m1/s1. The first-order valence-corrected chi connectivity index (χ1v) is 7.33. The number of rotatable bonds is 7. The highest BCUT2D eigenvalue weighted by molar-refractivity contribution is 5.83. The molecule has 0 aromatic heterocycles. The van der Waals surface area contributed by atoms with Gasteiger partial charge in [-0.05, 0) is 19.9 Å². The Morgan fingerprint density at radius 1 is 1.45 bits per heavy atom. The van der Waals surface area contributed by atoms with Gasteiger partial charge >= 0.3 is 0 Å². The average Bonchev–Trinajstić information content (AvgIpc) is 2.85. The molecule has 2 rings (SSSR count). The number of carbonyl (C=O) groups excluding carboxylic acids is 1. The fraction of sp³-hybridized carbons (Fsp3) is 0.500. The number of nitrogens with one attached hydrogen (secondary N) is 2. The van der Waals surface area contributed by atoms with Crippen LogP contribution in [0.1, 0.15) is 25.8 Å². The lowest BCUT2D eigenvalue weighted by Crippen LogP contribution is -2.42. The Kier molecular flexibility index (Phi) is 5.38. The van der Waals surface area contributed by atoms with Gasteiger partial charge in [0.2, 0.25) is 5.91 Å². The lowest BCUT2D eigenvalue weighted by molar-refractivity contribution is -0.120. The van der Waals surface area contributed by atoms with E-state index in [9.17, 15) is 4.79 Å². The molecular formula is C16H23N3O3. The molecule has 1 aromatic carbocycles. The molecular weight excluding hydrogens is 282 g/mol. The summed E-state index contributed by atoms with van der Waals surface area (Å²) in [4.78, 5) is 17.2. The molecule has 1 heterocycles. The van der Waals surface area contributed by atoms with Gasteiger partial charge in [0.05, 0.1) is 19.4 Å². The molecule has 0 fully saturated rings. The predicted molar refractivity (Wildman–Crippen MR) is 84.9 cm³/mol. The Labute approximate surface area is 130 Å². The Balaban J connectivity index is 1.70. The zero-order valence-electron chi connectivity index (χ0n) is 13.3. The molecule has 0 aliphatic carbocycles. The molecule has 1 aromatic rings. The number of methoxy groups -OCH3 is 1. The summed E-state index contributed by atoms with van der Waals surface area (Å²) >= 11 is 0. The molecule has 6 heteroatoms. The molecule has 120 valence electrons. The summed E-state index contributed by atoms with van der Waals surface area (Å²) < 4.78 is 5.25. The Morgan fingerprint density at radius 2 is 2.23 bits per heavy atom. The molecule has 0 saturated heterocycles. The van der Waals surface area contributed by atoms with E-state index in [0.717, 1.165) is 23.4 Å². The van der Waals surface area contributed by atoms with E-state index >= 15 is 0 Å². The minimum Gasteiger partial charge on any atom is -0.496 e. The van der Waals surface area contributed by atoms with Crippen LogP contribution < -0.4 is 15.4 Å². The lowest BCUT2D eigenvalue weighted by atomic mass is 10.0. The second-order valence-electron chi connectivity index (χ2n) is 5.74. The van der Waals surface area contributed by atoms with Gasteiger partial charge in [-0.15, -0.1) is 0 Å². The van der Waals surface area contributed by atoms with Crippen molar-refractivity contribution in [3.8, 4) is 5.75 Å². The van der Waals surface area contributed by atoms with Crippen LogP contribution in [0.25, 0.3) is 0 Å². The van der Waals surface area contributed by atoms with Crippen molar-refractivity contribution in [1.29, 1.82) is 0 Å². The van der Waals surface area contributed by atoms with E-state index in [2.05, 4.69) is 15.8 Å². The van der Waals surface area contributed by atoms with Gasteiger partial charge in [0.1, 0.15) is 5.75 Å². The van der Waals surface area contributed by atoms with Gasteiger partial charge in [-0.3, -0.25) is 4.79 Å². The zero-order chi connectivity index (χ0) is 16.0. The summed E-state index contributed by atoms with van der Waals surface area (Å²) in [6.45, 7) is 5.18. The van der Waals surface area contributed by atoms with Crippen molar-refractivity contribution >= 4 is 11.6 Å². The van der Waals surface area contributed by atoms with Gasteiger partial charge in [-0.2, -0.15) is 0 Å². The molecule has 0 spiro atoms. The molecule has 0 saturated carbocycles. The largest absolute Gasteiger partial charge is 0.496 e. The minimum atomic E-state index is -0.354. The summed E-state index contributed by atoms with van der Waals surface area (Å²) in [6.07, 6.45) is 0.781. The molecule has 22 heavy (non-hydrogen) atoms. The number of nitrogens with zero attached hydrogens (tertiary/aromatic N) is 1. The van der Waals surface area contributed by atoms with Crippen LogP contribution in [0, 0.1) is 0 Å². The van der Waals surface area contributed by atoms with Crippen LogP contribution in [0.2, 0.25) is 0 Å². The fourth-order valence-corrected chi connectivity index (χ4v) is 2.43. The van der Waals surface area contributed by atoms with Crippen molar-refractivity contribution in [2.45, 2.75) is 32.4 Å². The number of ether oxygens (including phenoxy) is 1. The van der Waals surface area contributed by atoms with E-state index in [-0.39, 0.29) is 18.1 Å². The molecule has 1 atom stereocenters. The maximum Gasteiger partial charge on any atom is 0.234 e. The number of hydrogen-bond acceptors (Lipinski definition) is 5. The summed E-state index contributed by atoms with van der Waals surface area (Å²) in [5.74, 6) is 0.709. The summed E-state index contributed by atoms with van der Waals surface area (Å²) in [6, 6.07) is 7.63. The third kappa shape index (κ3) is 4.46. The first-order chi connectivity index (χ1) is 10.5. The molecule has 0 unspecified atom stereocenters. The quantitative estimate of drug-likeness (QED) is 0.800. The van der Waals surface area contributed by atoms with Gasteiger partial charge in [-0.25, -0.2) is 0 Å². The van der Waals surface area contributed by atoms with Crippen LogP contribution in [-0.4, -0.2) is 37.4 Å². The van der Waals surface area contributed by atoms with Crippen molar-refractivity contribution in [1.82, 2.24) is 10.6 Å². The van der Waals surface area contributed by atoms with E-state index in [1.807, 2.05) is 38.1 Å². The van der Waals surface area contributed by atoms with Gasteiger partial charge in [-0.1, -0.05) is 23.4 Å². The molecule has 1 aliphatic rings. The van der Waals surface area contributed by atoms with Crippen molar-refractivity contribution < 1.29 is 14.4 Å². The average molecular weight is 305 g/mol. The topological polar surface area (TPSA) is 72.0 Å². The number of para-hydroxylation sites is 1. The summed E-state index contributed by atoms with van der Waals surface area (Å²) in [5, 5.41) is 9.93.